The van der Waals surface area contributed by atoms with Gasteiger partial charge in [-0.05, 0) is 0 Å². The highest BCUT2D eigenvalue weighted by Gasteiger charge is 2.18. The number of esters is 1. The van der Waals surface area contributed by atoms with Crippen molar-refractivity contribution in [2.75, 3.05) is 7.11 Å². The summed E-state index contributed by atoms with van der Waals surface area (Å²) < 4.78 is 6.17. The van der Waals surface area contributed by atoms with E-state index in [0.717, 1.165) is 0 Å². The number of aryl methyl sites for hydroxylation is 1. The minimum absolute atomic E-state index is 0.460. The first-order chi connectivity index (χ1) is 5.66. The zero-order valence-electron chi connectivity index (χ0n) is 7.02. The Morgan fingerprint density at radius 3 is 2.92 bits per heavy atom. The number of nitrogens with zero attached hydrogens (tertiary/aromatic N) is 2. The normalized spacial score (nSPS) is 12.6. The molecule has 5 nitrogen and oxygen atoms in total. The van der Waals surface area contributed by atoms with Gasteiger partial charge in [0.25, 0.3) is 0 Å². The van der Waals surface area contributed by atoms with Crippen LogP contribution in [0.15, 0.2) is 12.5 Å². The van der Waals surface area contributed by atoms with Gasteiger partial charge in [0.1, 0.15) is 6.04 Å². The number of methoxy groups -OCH3 is 1. The third kappa shape index (κ3) is 1.45. The standard InChI is InChI=1S/C7H11N3O2/c1-10-4-9-3-5(10)6(8)7(11)12-2/h3-4,6H,8H2,1-2H3/t6-/m1/s1. The number of nitrogens with two attached hydrogens (primary N) is 1. The summed E-state index contributed by atoms with van der Waals surface area (Å²) in [5.74, 6) is -0.460. The van der Waals surface area contributed by atoms with Crippen molar-refractivity contribution in [1.29, 1.82) is 0 Å². The van der Waals surface area contributed by atoms with E-state index in [4.69, 9.17) is 5.73 Å². The van der Waals surface area contributed by atoms with Gasteiger partial charge in [-0.15, -0.1) is 0 Å². The Balaban J connectivity index is 2.84. The second-order valence-electron chi connectivity index (χ2n) is 2.43. The zero-order valence-corrected chi connectivity index (χ0v) is 7.02. The molecular formula is C7H11N3O2. The molecule has 1 rings (SSSR count). The fourth-order valence-corrected chi connectivity index (χ4v) is 0.915. The lowest BCUT2D eigenvalue weighted by Crippen LogP contribution is -2.24. The molecule has 5 heteroatoms. The third-order valence-electron chi connectivity index (χ3n) is 1.63. The van der Waals surface area contributed by atoms with E-state index in [0.29, 0.717) is 5.69 Å². The van der Waals surface area contributed by atoms with E-state index in [1.807, 2.05) is 0 Å². The zero-order chi connectivity index (χ0) is 9.14. The molecule has 0 radical (unpaired) electrons. The SMILES string of the molecule is COC(=O)[C@H](N)c1cncn1C. The van der Waals surface area contributed by atoms with Crippen molar-refractivity contribution < 1.29 is 9.53 Å². The Morgan fingerprint density at radius 2 is 2.50 bits per heavy atom. The van der Waals surface area contributed by atoms with Crippen LogP contribution in [0.5, 0.6) is 0 Å². The van der Waals surface area contributed by atoms with Crippen LogP contribution >= 0.6 is 0 Å². The monoisotopic (exact) mass is 169 g/mol. The van der Waals surface area contributed by atoms with Gasteiger partial charge in [0.2, 0.25) is 0 Å². The average Bonchev–Trinajstić information content (AvgIpc) is 2.48. The van der Waals surface area contributed by atoms with E-state index in [2.05, 4.69) is 9.72 Å². The predicted molar refractivity (Wildman–Crippen MR) is 42.2 cm³/mol. The maximum Gasteiger partial charge on any atom is 0.328 e. The number of hydrogen-bond acceptors (Lipinski definition) is 4. The molecule has 1 aromatic rings. The molecule has 0 saturated carbocycles. The van der Waals surface area contributed by atoms with Crippen LogP contribution in [0.3, 0.4) is 0 Å². The van der Waals surface area contributed by atoms with Crippen molar-refractivity contribution >= 4 is 5.97 Å². The first-order valence-corrected chi connectivity index (χ1v) is 3.46. The van der Waals surface area contributed by atoms with E-state index in [9.17, 15) is 4.79 Å². The number of carbonyl (C=O) groups excluding carboxylic acids is 1. The molecule has 2 N–H and O–H groups in total. The second-order valence-corrected chi connectivity index (χ2v) is 2.43. The minimum Gasteiger partial charge on any atom is -0.468 e. The third-order valence-corrected chi connectivity index (χ3v) is 1.63. The summed E-state index contributed by atoms with van der Waals surface area (Å²) >= 11 is 0. The summed E-state index contributed by atoms with van der Waals surface area (Å²) in [7, 11) is 3.07. The van der Waals surface area contributed by atoms with E-state index >= 15 is 0 Å². The van der Waals surface area contributed by atoms with E-state index in [1.165, 1.54) is 7.11 Å². The quantitative estimate of drug-likeness (QED) is 0.611. The van der Waals surface area contributed by atoms with Crippen LogP contribution in [0.25, 0.3) is 0 Å². The minimum atomic E-state index is -0.748. The molecule has 0 saturated heterocycles. The Hall–Kier alpha value is -1.36. The Kier molecular flexibility index (Phi) is 2.44. The Bertz CT molecular complexity index is 282. The average molecular weight is 169 g/mol. The number of ether oxygens (including phenoxy) is 1. The summed E-state index contributed by atoms with van der Waals surface area (Å²) in [6.07, 6.45) is 3.12. The molecule has 0 unspecified atom stereocenters. The van der Waals surface area contributed by atoms with Crippen LogP contribution < -0.4 is 5.73 Å². The molecule has 0 aliphatic rings. The highest BCUT2D eigenvalue weighted by Crippen LogP contribution is 2.08. The molecule has 1 aromatic heterocycles. The van der Waals surface area contributed by atoms with Crippen LogP contribution in [-0.2, 0) is 16.6 Å². The first kappa shape index (κ1) is 8.73. The van der Waals surface area contributed by atoms with Crippen molar-refractivity contribution in [3.8, 4) is 0 Å². The molecule has 1 heterocycles. The van der Waals surface area contributed by atoms with Gasteiger partial charge in [0.05, 0.1) is 25.3 Å². The lowest BCUT2D eigenvalue weighted by atomic mass is 10.2. The summed E-state index contributed by atoms with van der Waals surface area (Å²) in [6.45, 7) is 0. The summed E-state index contributed by atoms with van der Waals surface area (Å²) in [5.41, 5.74) is 6.20. The molecule has 0 aliphatic carbocycles. The summed E-state index contributed by atoms with van der Waals surface area (Å²) in [5, 5.41) is 0. The Morgan fingerprint density at radius 1 is 1.83 bits per heavy atom. The van der Waals surface area contributed by atoms with Gasteiger partial charge in [-0.2, -0.15) is 0 Å². The lowest BCUT2D eigenvalue weighted by molar-refractivity contribution is -0.142. The van der Waals surface area contributed by atoms with Gasteiger partial charge in [-0.25, -0.2) is 9.78 Å². The van der Waals surface area contributed by atoms with E-state index in [1.54, 1.807) is 24.1 Å². The van der Waals surface area contributed by atoms with Crippen LogP contribution in [0.1, 0.15) is 11.7 Å². The summed E-state index contributed by atoms with van der Waals surface area (Å²) in [6, 6.07) is -0.748. The fourth-order valence-electron chi connectivity index (χ4n) is 0.915. The highest BCUT2D eigenvalue weighted by atomic mass is 16.5. The Labute approximate surface area is 70.1 Å². The van der Waals surface area contributed by atoms with Crippen molar-refractivity contribution in [3.05, 3.63) is 18.2 Å². The maximum absolute atomic E-state index is 11.0. The first-order valence-electron chi connectivity index (χ1n) is 3.46. The molecule has 0 amide bonds. The molecule has 1 atom stereocenters. The van der Waals surface area contributed by atoms with Gasteiger partial charge in [0, 0.05) is 7.05 Å². The van der Waals surface area contributed by atoms with Crippen LogP contribution in [0, 0.1) is 0 Å². The smallest absolute Gasteiger partial charge is 0.328 e. The molecule has 0 aromatic carbocycles. The fraction of sp³-hybridized carbons (Fsp3) is 0.429. The maximum atomic E-state index is 11.0. The van der Waals surface area contributed by atoms with E-state index in [-0.39, 0.29) is 0 Å². The number of carbonyl (C=O) groups is 1. The predicted octanol–water partition coefficient (Wildman–Crippen LogP) is -0.407. The largest absolute Gasteiger partial charge is 0.468 e. The molecule has 0 spiro atoms. The van der Waals surface area contributed by atoms with Crippen molar-refractivity contribution in [3.63, 3.8) is 0 Å². The molecule has 0 aliphatic heterocycles. The summed E-state index contributed by atoms with van der Waals surface area (Å²) in [4.78, 5) is 14.8. The molecule has 66 valence electrons. The molecule has 0 bridgehead atoms. The number of hydrogen-bond donors (Lipinski definition) is 1. The lowest BCUT2D eigenvalue weighted by Gasteiger charge is -2.08. The molecule has 0 fully saturated rings. The van der Waals surface area contributed by atoms with E-state index < -0.39 is 12.0 Å². The van der Waals surface area contributed by atoms with Crippen molar-refractivity contribution in [2.45, 2.75) is 6.04 Å². The number of aromatic nitrogens is 2. The number of rotatable bonds is 2. The van der Waals surface area contributed by atoms with Crippen LogP contribution in [0.4, 0.5) is 0 Å². The van der Waals surface area contributed by atoms with Gasteiger partial charge < -0.3 is 15.0 Å². The van der Waals surface area contributed by atoms with Crippen LogP contribution in [-0.4, -0.2) is 22.6 Å². The van der Waals surface area contributed by atoms with Gasteiger partial charge in [0.15, 0.2) is 0 Å². The van der Waals surface area contributed by atoms with Crippen LogP contribution in [0.2, 0.25) is 0 Å². The molecular weight excluding hydrogens is 158 g/mol. The highest BCUT2D eigenvalue weighted by molar-refractivity contribution is 5.76. The van der Waals surface area contributed by atoms with Gasteiger partial charge in [-0.1, -0.05) is 0 Å². The van der Waals surface area contributed by atoms with Crippen molar-refractivity contribution in [2.24, 2.45) is 12.8 Å². The second kappa shape index (κ2) is 3.36. The topological polar surface area (TPSA) is 70.1 Å². The van der Waals surface area contributed by atoms with Gasteiger partial charge >= 0.3 is 5.97 Å². The van der Waals surface area contributed by atoms with Gasteiger partial charge in [-0.3, -0.25) is 0 Å². The number of imidazole rings is 1. The molecule has 12 heavy (non-hydrogen) atoms. The van der Waals surface area contributed by atoms with Crippen molar-refractivity contribution in [1.82, 2.24) is 9.55 Å².